The molecule has 1 aromatic heterocycles. The van der Waals surface area contributed by atoms with Gasteiger partial charge < -0.3 is 19.6 Å². The van der Waals surface area contributed by atoms with Crippen LogP contribution in [-0.4, -0.2) is 30.4 Å². The second-order valence-corrected chi connectivity index (χ2v) is 5.93. The minimum atomic E-state index is -0.553. The Hall–Kier alpha value is -1.30. The van der Waals surface area contributed by atoms with Gasteiger partial charge in [-0.2, -0.15) is 0 Å². The summed E-state index contributed by atoms with van der Waals surface area (Å²) in [5.41, 5.74) is 0. The lowest BCUT2D eigenvalue weighted by molar-refractivity contribution is 0.104. The second-order valence-electron chi connectivity index (χ2n) is 5.01. The molecule has 0 saturated carbocycles. The number of hydrogen-bond acceptors (Lipinski definition) is 4. The molecule has 0 aliphatic heterocycles. The fraction of sp³-hybridized carbons (Fsp3) is 0.375. The molecule has 0 fully saturated rings. The summed E-state index contributed by atoms with van der Waals surface area (Å²) in [7, 11) is 0. The molecule has 2 unspecified atom stereocenters. The number of ether oxygens (including phenoxy) is 1. The number of furan rings is 1. The van der Waals surface area contributed by atoms with Crippen molar-refractivity contribution in [1.82, 2.24) is 5.32 Å². The standard InChI is InChI=1S/C16H20BrNO3/c1-12(8-15-6-3-7-20-15)18-10-14(19)11-21-16-5-2-4-13(17)9-16/h2-7,9,12,14,18-19H,8,10-11H2,1H3. The monoisotopic (exact) mass is 353 g/mol. The van der Waals surface area contributed by atoms with Crippen molar-refractivity contribution in [3.8, 4) is 5.75 Å². The average molecular weight is 354 g/mol. The molecule has 0 radical (unpaired) electrons. The number of rotatable bonds is 8. The predicted octanol–water partition coefficient (Wildman–Crippen LogP) is 3.00. The fourth-order valence-electron chi connectivity index (χ4n) is 1.95. The van der Waals surface area contributed by atoms with Crippen LogP contribution in [-0.2, 0) is 6.42 Å². The number of hydrogen-bond donors (Lipinski definition) is 2. The van der Waals surface area contributed by atoms with Crippen LogP contribution in [0.4, 0.5) is 0 Å². The molecule has 2 N–H and O–H groups in total. The van der Waals surface area contributed by atoms with E-state index >= 15 is 0 Å². The summed E-state index contributed by atoms with van der Waals surface area (Å²) in [5, 5.41) is 13.2. The minimum absolute atomic E-state index is 0.233. The van der Waals surface area contributed by atoms with Crippen molar-refractivity contribution in [1.29, 1.82) is 0 Å². The molecule has 2 rings (SSSR count). The van der Waals surface area contributed by atoms with E-state index in [9.17, 15) is 5.11 Å². The van der Waals surface area contributed by atoms with E-state index in [1.807, 2.05) is 36.4 Å². The molecule has 4 nitrogen and oxygen atoms in total. The van der Waals surface area contributed by atoms with E-state index < -0.39 is 6.10 Å². The quantitative estimate of drug-likeness (QED) is 0.765. The van der Waals surface area contributed by atoms with Gasteiger partial charge in [-0.25, -0.2) is 0 Å². The van der Waals surface area contributed by atoms with E-state index in [1.165, 1.54) is 0 Å². The van der Waals surface area contributed by atoms with E-state index in [0.717, 1.165) is 22.4 Å². The summed E-state index contributed by atoms with van der Waals surface area (Å²) in [6.07, 6.45) is 1.91. The van der Waals surface area contributed by atoms with Crippen LogP contribution in [0.15, 0.2) is 51.6 Å². The maximum absolute atomic E-state index is 9.93. The molecule has 0 spiro atoms. The lowest BCUT2D eigenvalue weighted by Gasteiger charge is -2.17. The van der Waals surface area contributed by atoms with Crippen LogP contribution >= 0.6 is 15.9 Å². The van der Waals surface area contributed by atoms with Crippen molar-refractivity contribution in [2.24, 2.45) is 0 Å². The first kappa shape index (κ1) is 16.1. The molecule has 0 aliphatic carbocycles. The highest BCUT2D eigenvalue weighted by Gasteiger charge is 2.09. The van der Waals surface area contributed by atoms with Crippen LogP contribution in [0.5, 0.6) is 5.75 Å². The van der Waals surface area contributed by atoms with Gasteiger partial charge >= 0.3 is 0 Å². The Morgan fingerprint density at radius 1 is 1.33 bits per heavy atom. The Labute approximate surface area is 133 Å². The number of benzene rings is 1. The Bertz CT molecular complexity index is 530. The highest BCUT2D eigenvalue weighted by Crippen LogP contribution is 2.17. The first-order valence-corrected chi connectivity index (χ1v) is 7.75. The number of halogens is 1. The Balaban J connectivity index is 1.66. The Kier molecular flexibility index (Phi) is 6.29. The van der Waals surface area contributed by atoms with Gasteiger partial charge in [-0.3, -0.25) is 0 Å². The van der Waals surface area contributed by atoms with Gasteiger partial charge in [-0.15, -0.1) is 0 Å². The third-order valence-corrected chi connectivity index (χ3v) is 3.52. The highest BCUT2D eigenvalue weighted by molar-refractivity contribution is 9.10. The van der Waals surface area contributed by atoms with Crippen LogP contribution in [0.3, 0.4) is 0 Å². The van der Waals surface area contributed by atoms with Gasteiger partial charge in [0.2, 0.25) is 0 Å². The fourth-order valence-corrected chi connectivity index (χ4v) is 2.33. The average Bonchev–Trinajstić information content (AvgIpc) is 2.96. The molecule has 5 heteroatoms. The summed E-state index contributed by atoms with van der Waals surface area (Å²) in [6.45, 7) is 2.80. The van der Waals surface area contributed by atoms with Gasteiger partial charge in [0.25, 0.3) is 0 Å². The van der Waals surface area contributed by atoms with E-state index in [1.54, 1.807) is 6.26 Å². The van der Waals surface area contributed by atoms with Crippen LogP contribution in [0.25, 0.3) is 0 Å². The summed E-state index contributed by atoms with van der Waals surface area (Å²) in [4.78, 5) is 0. The van der Waals surface area contributed by atoms with Crippen LogP contribution < -0.4 is 10.1 Å². The molecule has 0 saturated heterocycles. The van der Waals surface area contributed by atoms with Crippen LogP contribution in [0.1, 0.15) is 12.7 Å². The molecule has 114 valence electrons. The number of aliphatic hydroxyl groups is 1. The van der Waals surface area contributed by atoms with Crippen molar-refractivity contribution in [2.75, 3.05) is 13.2 Å². The lowest BCUT2D eigenvalue weighted by Crippen LogP contribution is -2.37. The van der Waals surface area contributed by atoms with Crippen LogP contribution in [0, 0.1) is 0 Å². The van der Waals surface area contributed by atoms with E-state index in [2.05, 4.69) is 28.2 Å². The summed E-state index contributed by atoms with van der Waals surface area (Å²) >= 11 is 3.38. The molecular formula is C16H20BrNO3. The van der Waals surface area contributed by atoms with Gasteiger partial charge in [0.1, 0.15) is 24.2 Å². The number of aliphatic hydroxyl groups excluding tert-OH is 1. The Morgan fingerprint density at radius 3 is 2.90 bits per heavy atom. The van der Waals surface area contributed by atoms with Crippen molar-refractivity contribution >= 4 is 15.9 Å². The topological polar surface area (TPSA) is 54.6 Å². The predicted molar refractivity (Wildman–Crippen MR) is 85.5 cm³/mol. The third kappa shape index (κ3) is 5.91. The lowest BCUT2D eigenvalue weighted by atomic mass is 10.2. The summed E-state index contributed by atoms with van der Waals surface area (Å²) in [5.74, 6) is 1.68. The maximum Gasteiger partial charge on any atom is 0.120 e. The summed E-state index contributed by atoms with van der Waals surface area (Å²) in [6, 6.07) is 11.6. The van der Waals surface area contributed by atoms with Gasteiger partial charge in [-0.1, -0.05) is 22.0 Å². The van der Waals surface area contributed by atoms with Crippen molar-refractivity contribution in [2.45, 2.75) is 25.5 Å². The van der Waals surface area contributed by atoms with E-state index in [0.29, 0.717) is 6.54 Å². The molecule has 2 aromatic rings. The van der Waals surface area contributed by atoms with Gasteiger partial charge in [0.15, 0.2) is 0 Å². The molecule has 21 heavy (non-hydrogen) atoms. The van der Waals surface area contributed by atoms with Crippen molar-refractivity contribution < 1.29 is 14.3 Å². The Morgan fingerprint density at radius 2 is 2.19 bits per heavy atom. The zero-order valence-electron chi connectivity index (χ0n) is 12.0. The second kappa shape index (κ2) is 8.22. The maximum atomic E-state index is 9.93. The third-order valence-electron chi connectivity index (χ3n) is 3.03. The largest absolute Gasteiger partial charge is 0.491 e. The molecule has 0 aliphatic rings. The van der Waals surface area contributed by atoms with Gasteiger partial charge in [0.05, 0.1) is 6.26 Å². The first-order valence-electron chi connectivity index (χ1n) is 6.95. The normalized spacial score (nSPS) is 13.9. The smallest absolute Gasteiger partial charge is 0.120 e. The van der Waals surface area contributed by atoms with E-state index in [4.69, 9.17) is 9.15 Å². The molecule has 1 heterocycles. The SMILES string of the molecule is CC(Cc1ccco1)NCC(O)COc1cccc(Br)c1. The number of nitrogens with one attached hydrogen (secondary N) is 1. The summed E-state index contributed by atoms with van der Waals surface area (Å²) < 4.78 is 11.8. The zero-order valence-corrected chi connectivity index (χ0v) is 13.5. The molecule has 1 aromatic carbocycles. The van der Waals surface area contributed by atoms with Gasteiger partial charge in [0, 0.05) is 23.5 Å². The first-order chi connectivity index (χ1) is 10.1. The highest BCUT2D eigenvalue weighted by atomic mass is 79.9. The molecule has 0 amide bonds. The molecule has 0 bridgehead atoms. The van der Waals surface area contributed by atoms with Crippen LogP contribution in [0.2, 0.25) is 0 Å². The molecule has 2 atom stereocenters. The van der Waals surface area contributed by atoms with Crippen molar-refractivity contribution in [3.63, 3.8) is 0 Å². The zero-order chi connectivity index (χ0) is 15.1. The van der Waals surface area contributed by atoms with Gasteiger partial charge in [-0.05, 0) is 37.3 Å². The van der Waals surface area contributed by atoms with Crippen molar-refractivity contribution in [3.05, 3.63) is 52.9 Å². The minimum Gasteiger partial charge on any atom is -0.491 e. The molecular weight excluding hydrogens is 334 g/mol. The van der Waals surface area contributed by atoms with E-state index in [-0.39, 0.29) is 12.6 Å².